The molecule has 0 rings (SSSR count). The van der Waals surface area contributed by atoms with Gasteiger partial charge >= 0.3 is 11.9 Å². The van der Waals surface area contributed by atoms with Crippen LogP contribution in [0.25, 0.3) is 0 Å². The number of ether oxygens (including phenoxy) is 2. The minimum Gasteiger partial charge on any atom is -0.468 e. The molecule has 5 nitrogen and oxygen atoms in total. The molecule has 0 fully saturated rings. The highest BCUT2D eigenvalue weighted by molar-refractivity contribution is 6.03. The van der Waals surface area contributed by atoms with E-state index in [0.29, 0.717) is 12.3 Å². The normalized spacial score (nSPS) is 11.7. The summed E-state index contributed by atoms with van der Waals surface area (Å²) in [5, 5.41) is 0. The quantitative estimate of drug-likeness (QED) is 0.401. The Hall–Kier alpha value is -1.65. The Labute approximate surface area is 114 Å². The van der Waals surface area contributed by atoms with E-state index in [-0.39, 0.29) is 12.2 Å². The number of methoxy groups -OCH3 is 2. The molecule has 0 N–H and O–H groups in total. The van der Waals surface area contributed by atoms with Crippen molar-refractivity contribution >= 4 is 17.7 Å². The highest BCUT2D eigenvalue weighted by Gasteiger charge is 2.45. The van der Waals surface area contributed by atoms with Gasteiger partial charge < -0.3 is 9.47 Å². The van der Waals surface area contributed by atoms with Crippen LogP contribution < -0.4 is 0 Å². The molecule has 0 saturated heterocycles. The topological polar surface area (TPSA) is 69.7 Å². The predicted molar refractivity (Wildman–Crippen MR) is 70.4 cm³/mol. The van der Waals surface area contributed by atoms with Crippen molar-refractivity contribution in [2.45, 2.75) is 33.6 Å². The Bertz CT molecular complexity index is 352. The van der Waals surface area contributed by atoms with Crippen LogP contribution in [0, 0.1) is 11.3 Å². The monoisotopic (exact) mass is 270 g/mol. The van der Waals surface area contributed by atoms with E-state index in [2.05, 4.69) is 0 Å². The molecule has 0 aliphatic carbocycles. The average Bonchev–Trinajstić information content (AvgIpc) is 2.37. The first-order chi connectivity index (χ1) is 8.80. The Morgan fingerprint density at radius 3 is 1.89 bits per heavy atom. The zero-order valence-corrected chi connectivity index (χ0v) is 12.2. The summed E-state index contributed by atoms with van der Waals surface area (Å²) in [5.41, 5.74) is -1.54. The molecule has 19 heavy (non-hydrogen) atoms. The third-order valence-electron chi connectivity index (χ3n) is 2.82. The van der Waals surface area contributed by atoms with Gasteiger partial charge in [-0.1, -0.05) is 19.9 Å². The smallest absolute Gasteiger partial charge is 0.327 e. The van der Waals surface area contributed by atoms with Gasteiger partial charge in [-0.25, -0.2) is 0 Å². The summed E-state index contributed by atoms with van der Waals surface area (Å²) < 4.78 is 9.40. The maximum Gasteiger partial charge on any atom is 0.327 e. The van der Waals surface area contributed by atoms with Crippen LogP contribution >= 0.6 is 0 Å². The summed E-state index contributed by atoms with van der Waals surface area (Å²) in [6, 6.07) is 0. The highest BCUT2D eigenvalue weighted by Crippen LogP contribution is 2.31. The second-order valence-corrected chi connectivity index (χ2v) is 4.83. The fourth-order valence-electron chi connectivity index (χ4n) is 1.65. The average molecular weight is 270 g/mol. The van der Waals surface area contributed by atoms with Gasteiger partial charge in [0.25, 0.3) is 0 Å². The van der Waals surface area contributed by atoms with Crippen molar-refractivity contribution in [1.82, 2.24) is 0 Å². The molecule has 0 saturated carbocycles. The zero-order valence-electron chi connectivity index (χ0n) is 12.2. The number of carbonyl (C=O) groups is 3. The van der Waals surface area contributed by atoms with Crippen LogP contribution in [0.2, 0.25) is 0 Å². The summed E-state index contributed by atoms with van der Waals surface area (Å²) >= 11 is 0. The van der Waals surface area contributed by atoms with E-state index in [1.165, 1.54) is 33.3 Å². The zero-order chi connectivity index (χ0) is 15.1. The predicted octanol–water partition coefficient (Wildman–Crippen LogP) is 1.90. The van der Waals surface area contributed by atoms with Gasteiger partial charge in [0.15, 0.2) is 11.2 Å². The Kier molecular flexibility index (Phi) is 7.04. The fraction of sp³-hybridized carbons (Fsp3) is 0.643. The van der Waals surface area contributed by atoms with Gasteiger partial charge in [-0.3, -0.25) is 14.4 Å². The largest absolute Gasteiger partial charge is 0.468 e. The minimum atomic E-state index is -1.54. The van der Waals surface area contributed by atoms with E-state index < -0.39 is 17.4 Å². The van der Waals surface area contributed by atoms with Gasteiger partial charge in [-0.15, -0.1) is 0 Å². The molecule has 0 aromatic rings. The molecule has 0 aliphatic heterocycles. The lowest BCUT2D eigenvalue weighted by atomic mass is 9.80. The second-order valence-electron chi connectivity index (χ2n) is 4.83. The number of esters is 2. The molecule has 0 spiro atoms. The number of hydrogen-bond acceptors (Lipinski definition) is 5. The van der Waals surface area contributed by atoms with E-state index in [0.717, 1.165) is 0 Å². The van der Waals surface area contributed by atoms with E-state index in [1.807, 2.05) is 13.8 Å². The SMILES string of the molecule is COC(=O)C(/C=C/C(C)=O)(CCC(C)C)C(=O)OC. The van der Waals surface area contributed by atoms with Crippen LogP contribution in [0.3, 0.4) is 0 Å². The fourth-order valence-corrected chi connectivity index (χ4v) is 1.65. The first-order valence-electron chi connectivity index (χ1n) is 6.16. The van der Waals surface area contributed by atoms with E-state index >= 15 is 0 Å². The summed E-state index contributed by atoms with van der Waals surface area (Å²) in [6.45, 7) is 5.31. The number of allylic oxidation sites excluding steroid dienone is 1. The number of rotatable bonds is 7. The number of ketones is 1. The maximum atomic E-state index is 12.0. The van der Waals surface area contributed by atoms with Gasteiger partial charge in [0.1, 0.15) is 0 Å². The minimum absolute atomic E-state index is 0.244. The lowest BCUT2D eigenvalue weighted by Crippen LogP contribution is -2.40. The first kappa shape index (κ1) is 17.4. The third-order valence-corrected chi connectivity index (χ3v) is 2.82. The van der Waals surface area contributed by atoms with Crippen LogP contribution in [0.5, 0.6) is 0 Å². The third kappa shape index (κ3) is 4.85. The van der Waals surface area contributed by atoms with E-state index in [4.69, 9.17) is 9.47 Å². The first-order valence-corrected chi connectivity index (χ1v) is 6.16. The van der Waals surface area contributed by atoms with Crippen molar-refractivity contribution in [3.8, 4) is 0 Å². The molecule has 0 atom stereocenters. The van der Waals surface area contributed by atoms with Crippen LogP contribution in [0.15, 0.2) is 12.2 Å². The van der Waals surface area contributed by atoms with Gasteiger partial charge in [0.05, 0.1) is 14.2 Å². The lowest BCUT2D eigenvalue weighted by molar-refractivity contribution is -0.165. The van der Waals surface area contributed by atoms with Crippen molar-refractivity contribution in [3.05, 3.63) is 12.2 Å². The summed E-state index contributed by atoms with van der Waals surface area (Å²) in [5.74, 6) is -1.36. The second kappa shape index (κ2) is 7.71. The molecule has 0 aliphatic rings. The molecule has 0 unspecified atom stereocenters. The summed E-state index contributed by atoms with van der Waals surface area (Å²) in [4.78, 5) is 35.0. The molecule has 0 amide bonds. The van der Waals surface area contributed by atoms with E-state index in [1.54, 1.807) is 0 Å². The molecule has 0 heterocycles. The lowest BCUT2D eigenvalue weighted by Gasteiger charge is -2.25. The van der Waals surface area contributed by atoms with Crippen molar-refractivity contribution in [2.24, 2.45) is 11.3 Å². The molecule has 5 heteroatoms. The van der Waals surface area contributed by atoms with Crippen LogP contribution in [-0.2, 0) is 23.9 Å². The summed E-state index contributed by atoms with van der Waals surface area (Å²) in [6.07, 6.45) is 3.36. The highest BCUT2D eigenvalue weighted by atomic mass is 16.5. The van der Waals surface area contributed by atoms with Gasteiger partial charge in [0, 0.05) is 0 Å². The number of carbonyl (C=O) groups excluding carboxylic acids is 3. The van der Waals surface area contributed by atoms with Crippen LogP contribution in [0.1, 0.15) is 33.6 Å². The Balaban J connectivity index is 5.50. The van der Waals surface area contributed by atoms with Crippen molar-refractivity contribution < 1.29 is 23.9 Å². The number of hydrogen-bond donors (Lipinski definition) is 0. The van der Waals surface area contributed by atoms with Crippen molar-refractivity contribution in [2.75, 3.05) is 14.2 Å². The van der Waals surface area contributed by atoms with Crippen molar-refractivity contribution in [3.63, 3.8) is 0 Å². The maximum absolute atomic E-state index is 12.0. The van der Waals surface area contributed by atoms with Gasteiger partial charge in [-0.05, 0) is 31.8 Å². The van der Waals surface area contributed by atoms with Crippen LogP contribution in [0.4, 0.5) is 0 Å². The molecular weight excluding hydrogens is 248 g/mol. The molecule has 108 valence electrons. The van der Waals surface area contributed by atoms with Gasteiger partial charge in [-0.2, -0.15) is 0 Å². The molecule has 0 aromatic heterocycles. The Morgan fingerprint density at radius 2 is 1.58 bits per heavy atom. The summed E-state index contributed by atoms with van der Waals surface area (Å²) in [7, 11) is 2.41. The molecule has 0 radical (unpaired) electrons. The van der Waals surface area contributed by atoms with E-state index in [9.17, 15) is 14.4 Å². The molecular formula is C14H22O5. The standard InChI is InChI=1S/C14H22O5/c1-10(2)6-8-14(12(16)18-4,13(17)19-5)9-7-11(3)15/h7,9-10H,6,8H2,1-5H3/b9-7+. The van der Waals surface area contributed by atoms with Crippen LogP contribution in [-0.4, -0.2) is 31.9 Å². The molecule has 0 aromatic carbocycles. The van der Waals surface area contributed by atoms with Crippen molar-refractivity contribution in [1.29, 1.82) is 0 Å². The molecule has 0 bridgehead atoms. The van der Waals surface area contributed by atoms with Gasteiger partial charge in [0.2, 0.25) is 0 Å². The Morgan fingerprint density at radius 1 is 1.11 bits per heavy atom.